The van der Waals surface area contributed by atoms with E-state index in [1.165, 1.54) is 7.11 Å². The number of rotatable bonds is 5. The van der Waals surface area contributed by atoms with Crippen LogP contribution in [0.1, 0.15) is 36.5 Å². The smallest absolute Gasteiger partial charge is 0.255 e. The first-order valence-corrected chi connectivity index (χ1v) is 8.47. The van der Waals surface area contributed by atoms with Gasteiger partial charge < -0.3 is 20.7 Å². The van der Waals surface area contributed by atoms with Gasteiger partial charge in [0.1, 0.15) is 6.04 Å². The van der Waals surface area contributed by atoms with Gasteiger partial charge in [-0.25, -0.2) is 0 Å². The van der Waals surface area contributed by atoms with Crippen LogP contribution in [0.3, 0.4) is 0 Å². The molecular weight excluding hydrogens is 330 g/mol. The Balaban J connectivity index is 2.09. The third-order valence-electron chi connectivity index (χ3n) is 4.21. The number of anilines is 1. The topological polar surface area (TPSA) is 84.7 Å². The monoisotopic (exact) mass is 353 g/mol. The van der Waals surface area contributed by atoms with Gasteiger partial charge in [-0.3, -0.25) is 9.59 Å². The van der Waals surface area contributed by atoms with Crippen molar-refractivity contribution in [3.63, 3.8) is 0 Å². The molecule has 1 aliphatic rings. The molecule has 1 heterocycles. The van der Waals surface area contributed by atoms with Gasteiger partial charge in [0.25, 0.3) is 5.91 Å². The molecule has 0 saturated carbocycles. The molecule has 7 heteroatoms. The Morgan fingerprint density at radius 3 is 2.83 bits per heavy atom. The molecule has 0 radical (unpaired) electrons. The number of hydrogen-bond donors (Lipinski definition) is 2. The summed E-state index contributed by atoms with van der Waals surface area (Å²) < 4.78 is 4.85. The minimum atomic E-state index is -0.760. The van der Waals surface area contributed by atoms with Crippen LogP contribution in [0.15, 0.2) is 18.2 Å². The maximum Gasteiger partial charge on any atom is 0.255 e. The van der Waals surface area contributed by atoms with Gasteiger partial charge in [0, 0.05) is 25.4 Å². The predicted octanol–water partition coefficient (Wildman–Crippen LogP) is 2.27. The third-order valence-corrected chi connectivity index (χ3v) is 4.53. The van der Waals surface area contributed by atoms with Gasteiger partial charge in [-0.2, -0.15) is 0 Å². The Morgan fingerprint density at radius 2 is 2.21 bits per heavy atom. The number of ether oxygens (including phenoxy) is 1. The molecule has 0 aliphatic carbocycles. The first kappa shape index (κ1) is 18.7. The average molecular weight is 354 g/mol. The third kappa shape index (κ3) is 4.47. The van der Waals surface area contributed by atoms with Crippen molar-refractivity contribution in [1.29, 1.82) is 0 Å². The lowest BCUT2D eigenvalue weighted by Gasteiger charge is -2.33. The molecule has 24 heavy (non-hydrogen) atoms. The van der Waals surface area contributed by atoms with E-state index in [-0.39, 0.29) is 24.5 Å². The fourth-order valence-corrected chi connectivity index (χ4v) is 3.07. The second-order valence-electron chi connectivity index (χ2n) is 6.09. The number of halogens is 1. The van der Waals surface area contributed by atoms with Crippen molar-refractivity contribution in [3.8, 4) is 0 Å². The molecule has 1 saturated heterocycles. The fraction of sp³-hybridized carbons (Fsp3) is 0.529. The van der Waals surface area contributed by atoms with E-state index in [4.69, 9.17) is 22.1 Å². The van der Waals surface area contributed by atoms with E-state index >= 15 is 0 Å². The van der Waals surface area contributed by atoms with Gasteiger partial charge in [-0.05, 0) is 44.4 Å². The van der Waals surface area contributed by atoms with Crippen LogP contribution in [0.4, 0.5) is 5.69 Å². The first-order valence-electron chi connectivity index (χ1n) is 8.10. The quantitative estimate of drug-likeness (QED) is 0.850. The van der Waals surface area contributed by atoms with Crippen molar-refractivity contribution in [2.24, 2.45) is 5.73 Å². The van der Waals surface area contributed by atoms with Crippen molar-refractivity contribution in [2.75, 3.05) is 25.6 Å². The number of nitrogens with one attached hydrogen (secondary N) is 1. The lowest BCUT2D eigenvalue weighted by molar-refractivity contribution is -0.118. The number of nitrogens with zero attached hydrogens (tertiary/aromatic N) is 1. The molecule has 2 amide bonds. The van der Waals surface area contributed by atoms with Crippen molar-refractivity contribution < 1.29 is 14.3 Å². The maximum atomic E-state index is 12.7. The minimum absolute atomic E-state index is 0.0684. The summed E-state index contributed by atoms with van der Waals surface area (Å²) in [5.74, 6) is -0.433. The van der Waals surface area contributed by atoms with Gasteiger partial charge >= 0.3 is 0 Å². The van der Waals surface area contributed by atoms with Crippen LogP contribution in [-0.4, -0.2) is 49.1 Å². The minimum Gasteiger partial charge on any atom is -0.383 e. The largest absolute Gasteiger partial charge is 0.383 e. The number of carbonyl (C=O) groups is 2. The van der Waals surface area contributed by atoms with Crippen LogP contribution < -0.4 is 11.1 Å². The lowest BCUT2D eigenvalue weighted by Crippen LogP contribution is -2.42. The molecule has 6 nitrogen and oxygen atoms in total. The van der Waals surface area contributed by atoms with Crippen LogP contribution >= 0.6 is 11.6 Å². The molecule has 0 aromatic heterocycles. The van der Waals surface area contributed by atoms with Crippen LogP contribution in [0.25, 0.3) is 0 Å². The predicted molar refractivity (Wildman–Crippen MR) is 94.3 cm³/mol. The molecule has 1 aromatic rings. The van der Waals surface area contributed by atoms with Gasteiger partial charge in [-0.15, -0.1) is 0 Å². The summed E-state index contributed by atoms with van der Waals surface area (Å²) in [6.45, 7) is 2.93. The zero-order valence-corrected chi connectivity index (χ0v) is 14.8. The van der Waals surface area contributed by atoms with Crippen molar-refractivity contribution in [3.05, 3.63) is 28.8 Å². The van der Waals surface area contributed by atoms with Gasteiger partial charge in [-0.1, -0.05) is 11.6 Å². The molecule has 0 bridgehead atoms. The maximum absolute atomic E-state index is 12.7. The van der Waals surface area contributed by atoms with Crippen molar-refractivity contribution >= 4 is 29.1 Å². The van der Waals surface area contributed by atoms with Crippen molar-refractivity contribution in [2.45, 2.75) is 38.3 Å². The zero-order chi connectivity index (χ0) is 17.7. The second-order valence-corrected chi connectivity index (χ2v) is 6.50. The van der Waals surface area contributed by atoms with E-state index in [0.717, 1.165) is 25.8 Å². The molecule has 3 N–H and O–H groups in total. The molecule has 1 fully saturated rings. The van der Waals surface area contributed by atoms with Crippen molar-refractivity contribution in [1.82, 2.24) is 4.90 Å². The Labute approximate surface area is 147 Å². The molecule has 0 spiro atoms. The molecule has 2 rings (SSSR count). The lowest BCUT2D eigenvalue weighted by atomic mass is 10.0. The summed E-state index contributed by atoms with van der Waals surface area (Å²) in [5.41, 5.74) is 6.62. The van der Waals surface area contributed by atoms with E-state index in [9.17, 15) is 9.59 Å². The molecular formula is C17H24ClN3O3. The number of benzene rings is 1. The summed E-state index contributed by atoms with van der Waals surface area (Å²) in [6, 6.07) is 4.33. The van der Waals surface area contributed by atoms with Crippen LogP contribution in [0, 0.1) is 0 Å². The highest BCUT2D eigenvalue weighted by atomic mass is 35.5. The van der Waals surface area contributed by atoms with E-state index in [1.807, 2.05) is 4.90 Å². The van der Waals surface area contributed by atoms with Gasteiger partial charge in [0.05, 0.1) is 17.2 Å². The number of carbonyl (C=O) groups excluding carboxylic acids is 2. The summed E-state index contributed by atoms with van der Waals surface area (Å²) in [7, 11) is 1.48. The number of amides is 2. The standard InChI is InChI=1S/C17H24ClN3O3/c1-11-5-3-4-8-21(11)17(23)13-7-6-12(9-14(13)18)20-16(22)15(19)10-24-2/h6-7,9,11,15H,3-5,8,10,19H2,1-2H3,(H,20,22). The number of hydrogen-bond acceptors (Lipinski definition) is 4. The van der Waals surface area contributed by atoms with Gasteiger partial charge in [0.2, 0.25) is 5.91 Å². The van der Waals surface area contributed by atoms with E-state index in [2.05, 4.69) is 12.2 Å². The van der Waals surface area contributed by atoms with Crippen LogP contribution in [-0.2, 0) is 9.53 Å². The Bertz CT molecular complexity index is 609. The molecule has 1 aromatic carbocycles. The Hall–Kier alpha value is -1.63. The zero-order valence-electron chi connectivity index (χ0n) is 14.0. The number of methoxy groups -OCH3 is 1. The Morgan fingerprint density at radius 1 is 1.46 bits per heavy atom. The van der Waals surface area contributed by atoms with E-state index in [0.29, 0.717) is 16.3 Å². The summed E-state index contributed by atoms with van der Waals surface area (Å²) in [6.07, 6.45) is 3.17. The van der Waals surface area contributed by atoms with Crippen LogP contribution in [0.5, 0.6) is 0 Å². The van der Waals surface area contributed by atoms with Gasteiger partial charge in [0.15, 0.2) is 0 Å². The molecule has 132 valence electrons. The Kier molecular flexibility index (Phi) is 6.60. The number of nitrogens with two attached hydrogens (primary N) is 1. The highest BCUT2D eigenvalue weighted by Crippen LogP contribution is 2.25. The number of piperidine rings is 1. The van der Waals surface area contributed by atoms with Crippen LogP contribution in [0.2, 0.25) is 5.02 Å². The molecule has 1 aliphatic heterocycles. The summed E-state index contributed by atoms with van der Waals surface area (Å²) in [5, 5.41) is 2.98. The molecule has 2 atom stereocenters. The second kappa shape index (κ2) is 8.46. The number of likely N-dealkylation sites (tertiary alicyclic amines) is 1. The van der Waals surface area contributed by atoms with E-state index < -0.39 is 6.04 Å². The fourth-order valence-electron chi connectivity index (χ4n) is 2.81. The summed E-state index contributed by atoms with van der Waals surface area (Å²) >= 11 is 6.26. The average Bonchev–Trinajstić information content (AvgIpc) is 2.55. The summed E-state index contributed by atoms with van der Waals surface area (Å²) in [4.78, 5) is 26.4. The highest BCUT2D eigenvalue weighted by molar-refractivity contribution is 6.34. The molecule has 2 unspecified atom stereocenters. The van der Waals surface area contributed by atoms with E-state index in [1.54, 1.807) is 18.2 Å². The SMILES string of the molecule is COCC(N)C(=O)Nc1ccc(C(=O)N2CCCCC2C)c(Cl)c1. The first-order chi connectivity index (χ1) is 11.4. The highest BCUT2D eigenvalue weighted by Gasteiger charge is 2.25. The normalized spacial score (nSPS) is 19.0.